The Balaban J connectivity index is 0.000000299. The first-order valence-electron chi connectivity index (χ1n) is 14.0. The number of nitrogens with zero attached hydrogens (tertiary/aromatic N) is 2. The Morgan fingerprint density at radius 2 is 1.87 bits per heavy atom. The highest BCUT2D eigenvalue weighted by molar-refractivity contribution is 5.77. The molecule has 208 valence electrons. The maximum Gasteiger partial charge on any atom is 0.216 e. The van der Waals surface area contributed by atoms with E-state index in [4.69, 9.17) is 9.15 Å². The molecular formula is C32H47N3O3. The number of likely N-dealkylation sites (tertiary alicyclic amines) is 1. The number of unbranched alkanes of at least 4 members (excludes halogenated alkanes) is 1. The van der Waals surface area contributed by atoms with E-state index in [9.17, 15) is 4.79 Å². The normalized spacial score (nSPS) is 14.6. The number of carbonyl (C=O) groups excluding carboxylic acids is 1. The second-order valence-electron chi connectivity index (χ2n) is 10.8. The predicted molar refractivity (Wildman–Crippen MR) is 157 cm³/mol. The minimum atomic E-state index is 0.0604. The Morgan fingerprint density at radius 3 is 2.53 bits per heavy atom. The second kappa shape index (κ2) is 14.4. The molecule has 1 saturated heterocycles. The van der Waals surface area contributed by atoms with Crippen LogP contribution < -0.4 is 10.1 Å². The van der Waals surface area contributed by atoms with E-state index in [0.717, 1.165) is 69.1 Å². The number of furan rings is 1. The molecule has 0 radical (unpaired) electrons. The van der Waals surface area contributed by atoms with Crippen LogP contribution in [0.15, 0.2) is 46.9 Å². The summed E-state index contributed by atoms with van der Waals surface area (Å²) >= 11 is 0. The van der Waals surface area contributed by atoms with Gasteiger partial charge in [0.2, 0.25) is 5.91 Å². The van der Waals surface area contributed by atoms with Crippen LogP contribution >= 0.6 is 0 Å². The fourth-order valence-electron chi connectivity index (χ4n) is 4.89. The van der Waals surface area contributed by atoms with Crippen molar-refractivity contribution in [2.45, 2.75) is 59.9 Å². The van der Waals surface area contributed by atoms with E-state index in [1.807, 2.05) is 18.2 Å². The molecule has 1 unspecified atom stereocenters. The number of hydrogen-bond donors (Lipinski definition) is 1. The molecule has 0 bridgehead atoms. The quantitative estimate of drug-likeness (QED) is 0.307. The van der Waals surface area contributed by atoms with Gasteiger partial charge in [-0.2, -0.15) is 0 Å². The zero-order valence-electron chi connectivity index (χ0n) is 24.5. The Kier molecular flexibility index (Phi) is 11.2. The van der Waals surface area contributed by atoms with Gasteiger partial charge in [0.1, 0.15) is 17.1 Å². The molecule has 1 aliphatic rings. The summed E-state index contributed by atoms with van der Waals surface area (Å²) in [4.78, 5) is 15.7. The fourth-order valence-corrected chi connectivity index (χ4v) is 4.89. The number of para-hydroxylation sites is 1. The Morgan fingerprint density at radius 1 is 1.13 bits per heavy atom. The molecule has 0 aliphatic carbocycles. The average Bonchev–Trinajstić information content (AvgIpc) is 3.29. The van der Waals surface area contributed by atoms with Crippen molar-refractivity contribution in [2.24, 2.45) is 5.92 Å². The van der Waals surface area contributed by atoms with Gasteiger partial charge in [0.05, 0.1) is 6.61 Å². The van der Waals surface area contributed by atoms with Crippen molar-refractivity contribution in [2.75, 3.05) is 46.9 Å². The van der Waals surface area contributed by atoms with E-state index >= 15 is 0 Å². The molecule has 6 nitrogen and oxygen atoms in total. The van der Waals surface area contributed by atoms with Crippen LogP contribution in [0, 0.1) is 19.8 Å². The maximum atomic E-state index is 11.0. The molecule has 2 heterocycles. The summed E-state index contributed by atoms with van der Waals surface area (Å²) in [5, 5.41) is 4.12. The van der Waals surface area contributed by atoms with Gasteiger partial charge >= 0.3 is 0 Å². The van der Waals surface area contributed by atoms with Crippen LogP contribution in [0.5, 0.6) is 5.75 Å². The van der Waals surface area contributed by atoms with Gasteiger partial charge in [-0.3, -0.25) is 9.69 Å². The molecule has 1 fully saturated rings. The van der Waals surface area contributed by atoms with Crippen molar-refractivity contribution in [3.05, 3.63) is 64.9 Å². The lowest BCUT2D eigenvalue weighted by Crippen LogP contribution is -2.52. The molecule has 6 heteroatoms. The lowest BCUT2D eigenvalue weighted by Gasteiger charge is -2.44. The average molecular weight is 522 g/mol. The van der Waals surface area contributed by atoms with Crippen molar-refractivity contribution in [3.63, 3.8) is 0 Å². The SMILES string of the molecule is CC(=O)NCC1CN(C(C)c2ccc(OCCCCN(C)C)c(C)c2C)C1.CCc1cc2ccccc2o1. The molecule has 0 spiro atoms. The first kappa shape index (κ1) is 29.7. The summed E-state index contributed by atoms with van der Waals surface area (Å²) in [5.74, 6) is 2.71. The highest BCUT2D eigenvalue weighted by atomic mass is 16.5. The Bertz CT molecular complexity index is 1130. The predicted octanol–water partition coefficient (Wildman–Crippen LogP) is 6.15. The largest absolute Gasteiger partial charge is 0.493 e. The number of fused-ring (bicyclic) bond motifs is 1. The van der Waals surface area contributed by atoms with E-state index in [-0.39, 0.29) is 5.91 Å². The summed E-state index contributed by atoms with van der Waals surface area (Å²) in [7, 11) is 4.21. The summed E-state index contributed by atoms with van der Waals surface area (Å²) in [6.07, 6.45) is 3.21. The Labute approximate surface area is 229 Å². The minimum absolute atomic E-state index is 0.0604. The fraction of sp³-hybridized carbons (Fsp3) is 0.531. The number of ether oxygens (including phenoxy) is 1. The van der Waals surface area contributed by atoms with Crippen molar-refractivity contribution in [1.82, 2.24) is 15.1 Å². The van der Waals surface area contributed by atoms with Crippen LogP contribution in [-0.2, 0) is 11.2 Å². The summed E-state index contributed by atoms with van der Waals surface area (Å²) in [6.45, 7) is 15.1. The van der Waals surface area contributed by atoms with E-state index in [0.29, 0.717) is 12.0 Å². The highest BCUT2D eigenvalue weighted by Gasteiger charge is 2.31. The summed E-state index contributed by atoms with van der Waals surface area (Å²) < 4.78 is 11.6. The van der Waals surface area contributed by atoms with Gasteiger partial charge in [0.15, 0.2) is 0 Å². The van der Waals surface area contributed by atoms with Gasteiger partial charge in [-0.05, 0) is 89.1 Å². The molecule has 3 aromatic rings. The van der Waals surface area contributed by atoms with Gasteiger partial charge in [-0.1, -0.05) is 31.2 Å². The summed E-state index contributed by atoms with van der Waals surface area (Å²) in [6, 6.07) is 14.9. The lowest BCUT2D eigenvalue weighted by molar-refractivity contribution is -0.119. The minimum Gasteiger partial charge on any atom is -0.493 e. The van der Waals surface area contributed by atoms with Gasteiger partial charge < -0.3 is 19.4 Å². The van der Waals surface area contributed by atoms with Gasteiger partial charge in [0.25, 0.3) is 0 Å². The number of rotatable bonds is 11. The van der Waals surface area contributed by atoms with Crippen LogP contribution in [-0.4, -0.2) is 62.6 Å². The number of benzene rings is 2. The molecule has 1 aromatic heterocycles. The Hall–Kier alpha value is -2.83. The molecule has 4 rings (SSSR count). The number of amides is 1. The molecule has 38 heavy (non-hydrogen) atoms. The van der Waals surface area contributed by atoms with Crippen LogP contribution in [0.4, 0.5) is 0 Å². The third kappa shape index (κ3) is 8.34. The van der Waals surface area contributed by atoms with Gasteiger partial charge in [-0.25, -0.2) is 0 Å². The van der Waals surface area contributed by atoms with Gasteiger partial charge in [0, 0.05) is 50.3 Å². The van der Waals surface area contributed by atoms with E-state index in [2.05, 4.69) is 81.2 Å². The number of carbonyl (C=O) groups is 1. The zero-order chi connectivity index (χ0) is 27.7. The first-order valence-corrected chi connectivity index (χ1v) is 14.0. The van der Waals surface area contributed by atoms with E-state index < -0.39 is 0 Å². The topological polar surface area (TPSA) is 58.0 Å². The van der Waals surface area contributed by atoms with E-state index in [1.165, 1.54) is 22.1 Å². The van der Waals surface area contributed by atoms with Crippen LogP contribution in [0.2, 0.25) is 0 Å². The van der Waals surface area contributed by atoms with Crippen LogP contribution in [0.3, 0.4) is 0 Å². The zero-order valence-corrected chi connectivity index (χ0v) is 24.5. The van der Waals surface area contributed by atoms with Crippen molar-refractivity contribution in [3.8, 4) is 5.75 Å². The standard InChI is InChI=1S/C22H37N3O2.C10H10O/c1-16-17(2)22(27-12-8-7-11-24(5)6)10-9-21(16)18(3)25-14-20(15-25)13-23-19(4)26;1-2-9-7-8-5-3-4-6-10(8)11-9/h9-10,18,20H,7-8,11-15H2,1-6H3,(H,23,26);3-7H,2H2,1H3. The first-order chi connectivity index (χ1) is 18.2. The highest BCUT2D eigenvalue weighted by Crippen LogP contribution is 2.34. The smallest absolute Gasteiger partial charge is 0.216 e. The van der Waals surface area contributed by atoms with Crippen molar-refractivity contribution >= 4 is 16.9 Å². The van der Waals surface area contributed by atoms with E-state index in [1.54, 1.807) is 6.92 Å². The molecule has 0 saturated carbocycles. The summed E-state index contributed by atoms with van der Waals surface area (Å²) in [5.41, 5.74) is 4.95. The molecule has 1 N–H and O–H groups in total. The van der Waals surface area contributed by atoms with Crippen molar-refractivity contribution < 1.29 is 13.9 Å². The third-order valence-corrected chi connectivity index (χ3v) is 7.48. The molecule has 1 atom stereocenters. The molecule has 1 amide bonds. The van der Waals surface area contributed by atoms with Crippen molar-refractivity contribution in [1.29, 1.82) is 0 Å². The number of nitrogens with one attached hydrogen (secondary N) is 1. The van der Waals surface area contributed by atoms with Gasteiger partial charge in [-0.15, -0.1) is 0 Å². The number of aryl methyl sites for hydroxylation is 1. The third-order valence-electron chi connectivity index (χ3n) is 7.48. The number of hydrogen-bond acceptors (Lipinski definition) is 5. The van der Waals surface area contributed by atoms with Crippen LogP contribution in [0.1, 0.15) is 62.1 Å². The molecule has 1 aliphatic heterocycles. The molecular weight excluding hydrogens is 474 g/mol. The lowest BCUT2D eigenvalue weighted by atomic mass is 9.91. The second-order valence-corrected chi connectivity index (χ2v) is 10.8. The van der Waals surface area contributed by atoms with Crippen LogP contribution in [0.25, 0.3) is 11.0 Å². The molecule has 2 aromatic carbocycles. The monoisotopic (exact) mass is 521 g/mol. The maximum absolute atomic E-state index is 11.0.